The number of hydrogen-bond donors (Lipinski definition) is 0. The van der Waals surface area contributed by atoms with Crippen LogP contribution in [0.4, 0.5) is 0 Å². The van der Waals surface area contributed by atoms with Crippen molar-refractivity contribution >= 4 is 21.7 Å². The second-order valence-electron chi connectivity index (χ2n) is 7.35. The number of benzene rings is 3. The molecule has 1 aliphatic carbocycles. The molecule has 0 atom stereocenters. The predicted octanol–water partition coefficient (Wildman–Crippen LogP) is 6.00. The molecule has 3 aromatic carbocycles. The Morgan fingerprint density at radius 2 is 1.46 bits per heavy atom. The SMILES string of the molecule is Cc1c2c(cc3ccccc13)C(C)(C)c1cc3ccccc3nc1-2. The van der Waals surface area contributed by atoms with Gasteiger partial charge in [-0.2, -0.15) is 0 Å². The molecule has 0 spiro atoms. The number of nitrogens with zero attached hydrogens (tertiary/aromatic N) is 1. The van der Waals surface area contributed by atoms with Crippen LogP contribution in [0, 0.1) is 6.92 Å². The lowest BCUT2D eigenvalue weighted by Gasteiger charge is -2.22. The van der Waals surface area contributed by atoms with Crippen LogP contribution in [-0.2, 0) is 5.41 Å². The lowest BCUT2D eigenvalue weighted by Crippen LogP contribution is -2.15. The molecule has 0 saturated carbocycles. The van der Waals surface area contributed by atoms with E-state index in [-0.39, 0.29) is 5.41 Å². The van der Waals surface area contributed by atoms with Gasteiger partial charge in [0.1, 0.15) is 0 Å². The molecule has 1 aliphatic rings. The van der Waals surface area contributed by atoms with Crippen molar-refractivity contribution in [3.8, 4) is 11.3 Å². The molecule has 0 radical (unpaired) electrons. The van der Waals surface area contributed by atoms with Gasteiger partial charge in [0.15, 0.2) is 0 Å². The van der Waals surface area contributed by atoms with Gasteiger partial charge in [-0.1, -0.05) is 56.3 Å². The van der Waals surface area contributed by atoms with Crippen molar-refractivity contribution in [3.63, 3.8) is 0 Å². The fourth-order valence-corrected chi connectivity index (χ4v) is 4.25. The molecule has 1 nitrogen and oxygen atoms in total. The topological polar surface area (TPSA) is 12.9 Å². The Morgan fingerprint density at radius 1 is 0.792 bits per heavy atom. The molecule has 0 amide bonds. The van der Waals surface area contributed by atoms with Crippen molar-refractivity contribution in [2.45, 2.75) is 26.2 Å². The molecule has 4 aromatic rings. The van der Waals surface area contributed by atoms with E-state index in [2.05, 4.69) is 81.4 Å². The van der Waals surface area contributed by atoms with E-state index in [4.69, 9.17) is 4.98 Å². The van der Waals surface area contributed by atoms with Crippen molar-refractivity contribution in [2.24, 2.45) is 0 Å². The highest BCUT2D eigenvalue weighted by molar-refractivity contribution is 5.98. The first-order valence-electron chi connectivity index (χ1n) is 8.51. The number of pyridine rings is 1. The van der Waals surface area contributed by atoms with Gasteiger partial charge in [-0.15, -0.1) is 0 Å². The van der Waals surface area contributed by atoms with E-state index in [1.807, 2.05) is 0 Å². The average molecular weight is 309 g/mol. The normalized spacial score (nSPS) is 14.8. The summed E-state index contributed by atoms with van der Waals surface area (Å²) in [4.78, 5) is 5.06. The summed E-state index contributed by atoms with van der Waals surface area (Å²) in [5.74, 6) is 0. The first-order valence-corrected chi connectivity index (χ1v) is 8.51. The molecular formula is C23H19N. The van der Waals surface area contributed by atoms with E-state index in [0.29, 0.717) is 0 Å². The fraction of sp³-hybridized carbons (Fsp3) is 0.174. The molecule has 0 N–H and O–H groups in total. The highest BCUT2D eigenvalue weighted by Crippen LogP contribution is 2.51. The number of aryl methyl sites for hydroxylation is 1. The van der Waals surface area contributed by atoms with Gasteiger partial charge in [0.2, 0.25) is 0 Å². The molecule has 0 unspecified atom stereocenters. The van der Waals surface area contributed by atoms with Gasteiger partial charge in [-0.25, -0.2) is 4.98 Å². The quantitative estimate of drug-likeness (QED) is 0.388. The van der Waals surface area contributed by atoms with Crippen LogP contribution in [-0.4, -0.2) is 4.98 Å². The van der Waals surface area contributed by atoms with Crippen LogP contribution in [0.2, 0.25) is 0 Å². The maximum Gasteiger partial charge on any atom is 0.0756 e. The summed E-state index contributed by atoms with van der Waals surface area (Å²) < 4.78 is 0. The summed E-state index contributed by atoms with van der Waals surface area (Å²) in [7, 11) is 0. The lowest BCUT2D eigenvalue weighted by atomic mass is 9.81. The average Bonchev–Trinajstić information content (AvgIpc) is 2.81. The summed E-state index contributed by atoms with van der Waals surface area (Å²) in [5, 5.41) is 3.87. The molecule has 1 aromatic heterocycles. The highest BCUT2D eigenvalue weighted by Gasteiger charge is 2.38. The molecule has 0 fully saturated rings. The zero-order valence-electron chi connectivity index (χ0n) is 14.2. The van der Waals surface area contributed by atoms with Gasteiger partial charge < -0.3 is 0 Å². The molecule has 1 heterocycles. The molecule has 1 heteroatoms. The van der Waals surface area contributed by atoms with Gasteiger partial charge >= 0.3 is 0 Å². The Balaban J connectivity index is 1.97. The Labute approximate surface area is 142 Å². The van der Waals surface area contributed by atoms with Crippen LogP contribution in [0.25, 0.3) is 32.9 Å². The van der Waals surface area contributed by atoms with E-state index < -0.39 is 0 Å². The summed E-state index contributed by atoms with van der Waals surface area (Å²) in [5.41, 5.74) is 7.64. The van der Waals surface area contributed by atoms with Crippen molar-refractivity contribution in [1.29, 1.82) is 0 Å². The van der Waals surface area contributed by atoms with Gasteiger partial charge in [-0.3, -0.25) is 0 Å². The largest absolute Gasteiger partial charge is 0.247 e. The van der Waals surface area contributed by atoms with Crippen molar-refractivity contribution < 1.29 is 0 Å². The lowest BCUT2D eigenvalue weighted by molar-refractivity contribution is 0.660. The zero-order valence-corrected chi connectivity index (χ0v) is 14.2. The van der Waals surface area contributed by atoms with E-state index in [0.717, 1.165) is 11.2 Å². The van der Waals surface area contributed by atoms with Gasteiger partial charge in [0, 0.05) is 16.4 Å². The Kier molecular flexibility index (Phi) is 2.55. The number of para-hydroxylation sites is 1. The summed E-state index contributed by atoms with van der Waals surface area (Å²) in [6, 6.07) is 21.8. The summed E-state index contributed by atoms with van der Waals surface area (Å²) >= 11 is 0. The van der Waals surface area contributed by atoms with Crippen LogP contribution >= 0.6 is 0 Å². The second-order valence-corrected chi connectivity index (χ2v) is 7.35. The van der Waals surface area contributed by atoms with Gasteiger partial charge in [-0.05, 0) is 52.6 Å². The van der Waals surface area contributed by atoms with E-state index in [1.165, 1.54) is 38.4 Å². The summed E-state index contributed by atoms with van der Waals surface area (Å²) in [6.07, 6.45) is 0. The highest BCUT2D eigenvalue weighted by atomic mass is 14.7. The van der Waals surface area contributed by atoms with Gasteiger partial charge in [0.25, 0.3) is 0 Å². The van der Waals surface area contributed by atoms with Crippen LogP contribution in [0.15, 0.2) is 60.7 Å². The monoisotopic (exact) mass is 309 g/mol. The number of fused-ring (bicyclic) bond motifs is 5. The molecule has 116 valence electrons. The fourth-order valence-electron chi connectivity index (χ4n) is 4.25. The van der Waals surface area contributed by atoms with Crippen LogP contribution < -0.4 is 0 Å². The third-order valence-corrected chi connectivity index (χ3v) is 5.62. The molecular weight excluding hydrogens is 290 g/mol. The maximum absolute atomic E-state index is 5.06. The second kappa shape index (κ2) is 4.45. The smallest absolute Gasteiger partial charge is 0.0756 e. The van der Waals surface area contributed by atoms with Crippen LogP contribution in [0.5, 0.6) is 0 Å². The minimum atomic E-state index is -0.0174. The predicted molar refractivity (Wildman–Crippen MR) is 102 cm³/mol. The first kappa shape index (κ1) is 13.7. The van der Waals surface area contributed by atoms with Crippen molar-refractivity contribution in [2.75, 3.05) is 0 Å². The third kappa shape index (κ3) is 1.62. The minimum absolute atomic E-state index is 0.0174. The molecule has 24 heavy (non-hydrogen) atoms. The molecule has 0 aliphatic heterocycles. The Morgan fingerprint density at radius 3 is 2.29 bits per heavy atom. The number of aromatic nitrogens is 1. The zero-order chi connectivity index (χ0) is 16.5. The van der Waals surface area contributed by atoms with E-state index in [9.17, 15) is 0 Å². The van der Waals surface area contributed by atoms with E-state index in [1.54, 1.807) is 0 Å². The first-order chi connectivity index (χ1) is 11.6. The minimum Gasteiger partial charge on any atom is -0.247 e. The van der Waals surface area contributed by atoms with Crippen molar-refractivity contribution in [1.82, 2.24) is 4.98 Å². The Bertz CT molecular complexity index is 1140. The maximum atomic E-state index is 5.06. The molecule has 5 rings (SSSR count). The van der Waals surface area contributed by atoms with Gasteiger partial charge in [0.05, 0.1) is 11.2 Å². The standard InChI is InChI=1S/C23H19N/c1-14-17-10-6-4-8-15(17)12-18-21(14)22-19(23(18,2)3)13-16-9-5-7-11-20(16)24-22/h4-13H,1-3H3. The number of hydrogen-bond acceptors (Lipinski definition) is 1. The molecule has 0 saturated heterocycles. The Hall–Kier alpha value is -2.67. The van der Waals surface area contributed by atoms with Crippen molar-refractivity contribution in [3.05, 3.63) is 77.4 Å². The number of rotatable bonds is 0. The van der Waals surface area contributed by atoms with E-state index >= 15 is 0 Å². The molecule has 0 bridgehead atoms. The third-order valence-electron chi connectivity index (χ3n) is 5.62. The van der Waals surface area contributed by atoms with Crippen LogP contribution in [0.3, 0.4) is 0 Å². The summed E-state index contributed by atoms with van der Waals surface area (Å²) in [6.45, 7) is 6.88. The van der Waals surface area contributed by atoms with Crippen LogP contribution in [0.1, 0.15) is 30.5 Å².